The summed E-state index contributed by atoms with van der Waals surface area (Å²) in [6.07, 6.45) is 7.78. The first-order valence-corrected chi connectivity index (χ1v) is 10.1. The Balaban J connectivity index is 1.71. The van der Waals surface area contributed by atoms with E-state index in [1.54, 1.807) is 0 Å². The quantitative estimate of drug-likeness (QED) is 0.557. The van der Waals surface area contributed by atoms with E-state index in [0.29, 0.717) is 11.8 Å². The first kappa shape index (κ1) is 17.8. The smallest absolute Gasteiger partial charge is 0.253 e. The van der Waals surface area contributed by atoms with Crippen molar-refractivity contribution in [1.29, 1.82) is 0 Å². The molecule has 0 radical (unpaired) electrons. The van der Waals surface area contributed by atoms with E-state index in [-0.39, 0.29) is 11.9 Å². The zero-order valence-corrected chi connectivity index (χ0v) is 16.2. The number of carbonyl (C=O) groups is 1. The summed E-state index contributed by atoms with van der Waals surface area (Å²) in [4.78, 5) is 12.8. The second kappa shape index (κ2) is 7.59. The van der Waals surface area contributed by atoms with Crippen molar-refractivity contribution in [2.45, 2.75) is 45.1 Å². The Kier molecular flexibility index (Phi) is 5.02. The summed E-state index contributed by atoms with van der Waals surface area (Å²) in [5, 5.41) is 6.83. The molecule has 0 saturated heterocycles. The lowest BCUT2D eigenvalue weighted by Crippen LogP contribution is -2.32. The number of unbranched alkanes of at least 4 members (excludes halogenated alkanes) is 1. The lowest BCUT2D eigenvalue weighted by atomic mass is 9.76. The second-order valence-electron chi connectivity index (χ2n) is 7.77. The molecule has 3 nitrogen and oxygen atoms in total. The van der Waals surface area contributed by atoms with Gasteiger partial charge in [0.15, 0.2) is 0 Å². The molecule has 0 aromatic heterocycles. The zero-order valence-electron chi connectivity index (χ0n) is 16.2. The van der Waals surface area contributed by atoms with E-state index in [1.807, 2.05) is 12.1 Å². The molecule has 0 bridgehead atoms. The first-order chi connectivity index (χ1) is 13.2. The lowest BCUT2D eigenvalue weighted by Gasteiger charge is -2.38. The van der Waals surface area contributed by atoms with Crippen LogP contribution in [0.2, 0.25) is 0 Å². The van der Waals surface area contributed by atoms with Crippen LogP contribution in [0, 0.1) is 12.8 Å². The molecule has 0 fully saturated rings. The van der Waals surface area contributed by atoms with Crippen molar-refractivity contribution in [3.8, 4) is 0 Å². The molecule has 3 heteroatoms. The van der Waals surface area contributed by atoms with Gasteiger partial charge in [0, 0.05) is 12.5 Å². The van der Waals surface area contributed by atoms with Crippen molar-refractivity contribution in [3.05, 3.63) is 76.9 Å². The number of amides is 1. The number of fused-ring (bicyclic) bond motifs is 3. The van der Waals surface area contributed by atoms with Gasteiger partial charge in [0.1, 0.15) is 0 Å². The number of anilines is 1. The van der Waals surface area contributed by atoms with E-state index >= 15 is 0 Å². The molecule has 0 saturated carbocycles. The van der Waals surface area contributed by atoms with E-state index in [4.69, 9.17) is 0 Å². The molecule has 2 aliphatic rings. The molecule has 27 heavy (non-hydrogen) atoms. The summed E-state index contributed by atoms with van der Waals surface area (Å²) < 4.78 is 0. The van der Waals surface area contributed by atoms with Gasteiger partial charge in [-0.3, -0.25) is 4.79 Å². The molecule has 1 amide bonds. The van der Waals surface area contributed by atoms with Crippen LogP contribution in [0.1, 0.15) is 65.2 Å². The monoisotopic (exact) mass is 360 g/mol. The predicted octanol–water partition coefficient (Wildman–Crippen LogP) is 5.35. The highest BCUT2D eigenvalue weighted by Crippen LogP contribution is 2.50. The predicted molar refractivity (Wildman–Crippen MR) is 111 cm³/mol. The van der Waals surface area contributed by atoms with Gasteiger partial charge in [0.25, 0.3) is 5.91 Å². The molecule has 4 rings (SSSR count). The van der Waals surface area contributed by atoms with Crippen LogP contribution in [0.4, 0.5) is 5.69 Å². The lowest BCUT2D eigenvalue weighted by molar-refractivity contribution is 0.0953. The molecule has 1 aliphatic carbocycles. The molecular formula is C24H28N2O. The highest BCUT2D eigenvalue weighted by Gasteiger charge is 2.39. The van der Waals surface area contributed by atoms with Gasteiger partial charge in [-0.2, -0.15) is 0 Å². The maximum absolute atomic E-state index is 12.8. The Bertz CT molecular complexity index is 870. The minimum atomic E-state index is 0.0243. The third-order valence-electron chi connectivity index (χ3n) is 5.86. The minimum Gasteiger partial charge on any atom is -0.377 e. The van der Waals surface area contributed by atoms with Crippen LogP contribution >= 0.6 is 0 Å². The summed E-state index contributed by atoms with van der Waals surface area (Å²) in [6.45, 7) is 5.00. The largest absolute Gasteiger partial charge is 0.377 e. The molecule has 140 valence electrons. The van der Waals surface area contributed by atoms with Gasteiger partial charge in [-0.25, -0.2) is 0 Å². The van der Waals surface area contributed by atoms with Crippen molar-refractivity contribution in [3.63, 3.8) is 0 Å². The molecule has 3 atom stereocenters. The van der Waals surface area contributed by atoms with Crippen molar-refractivity contribution >= 4 is 11.6 Å². The fraction of sp³-hybridized carbons (Fsp3) is 0.375. The Morgan fingerprint density at radius 1 is 1.22 bits per heavy atom. The number of para-hydroxylation sites is 1. The Labute approximate surface area is 161 Å². The van der Waals surface area contributed by atoms with Crippen molar-refractivity contribution in [1.82, 2.24) is 5.32 Å². The number of aryl methyl sites for hydroxylation is 1. The van der Waals surface area contributed by atoms with E-state index in [0.717, 1.165) is 37.1 Å². The van der Waals surface area contributed by atoms with Crippen molar-refractivity contribution < 1.29 is 4.79 Å². The normalized spacial score (nSPS) is 22.7. The van der Waals surface area contributed by atoms with Gasteiger partial charge < -0.3 is 10.6 Å². The van der Waals surface area contributed by atoms with Gasteiger partial charge in [0.05, 0.1) is 17.3 Å². The highest BCUT2D eigenvalue weighted by molar-refractivity contribution is 6.00. The van der Waals surface area contributed by atoms with E-state index < -0.39 is 0 Å². The fourth-order valence-electron chi connectivity index (χ4n) is 4.48. The standard InChI is InChI=1S/C24H28N2O/c1-3-4-14-25-24(27)21-13-7-12-20-18-10-6-11-19(18)22(26-23(20)21)17-9-5-8-16(2)15-17/h5-10,12-13,15,18-19,22,26H,3-4,11,14H2,1-2H3,(H,25,27). The summed E-state index contributed by atoms with van der Waals surface area (Å²) in [7, 11) is 0. The number of hydrogen-bond acceptors (Lipinski definition) is 2. The summed E-state index contributed by atoms with van der Waals surface area (Å²) in [5.41, 5.74) is 5.60. The zero-order chi connectivity index (χ0) is 18.8. The van der Waals surface area contributed by atoms with Crippen LogP contribution < -0.4 is 10.6 Å². The molecule has 1 heterocycles. The second-order valence-corrected chi connectivity index (χ2v) is 7.77. The van der Waals surface area contributed by atoms with Crippen molar-refractivity contribution in [2.24, 2.45) is 5.92 Å². The third-order valence-corrected chi connectivity index (χ3v) is 5.86. The average molecular weight is 361 g/mol. The van der Waals surface area contributed by atoms with E-state index in [2.05, 4.69) is 67.0 Å². The van der Waals surface area contributed by atoms with Gasteiger partial charge in [-0.15, -0.1) is 0 Å². The summed E-state index contributed by atoms with van der Waals surface area (Å²) in [6, 6.07) is 15.1. The van der Waals surface area contributed by atoms with Crippen LogP contribution in [0.3, 0.4) is 0 Å². The summed E-state index contributed by atoms with van der Waals surface area (Å²) >= 11 is 0. The maximum Gasteiger partial charge on any atom is 0.253 e. The van der Waals surface area contributed by atoms with Crippen LogP contribution in [0.25, 0.3) is 0 Å². The Hall–Kier alpha value is -2.55. The molecule has 0 spiro atoms. The van der Waals surface area contributed by atoms with Crippen LogP contribution in [-0.2, 0) is 0 Å². The van der Waals surface area contributed by atoms with Crippen LogP contribution in [0.15, 0.2) is 54.6 Å². The fourth-order valence-corrected chi connectivity index (χ4v) is 4.48. The molecule has 2 aromatic rings. The molecular weight excluding hydrogens is 332 g/mol. The Morgan fingerprint density at radius 2 is 2.07 bits per heavy atom. The topological polar surface area (TPSA) is 41.1 Å². The SMILES string of the molecule is CCCCNC(=O)c1cccc2c1NC(c1cccc(C)c1)C1CC=CC21. The highest BCUT2D eigenvalue weighted by atomic mass is 16.1. The van der Waals surface area contributed by atoms with E-state index in [1.165, 1.54) is 16.7 Å². The van der Waals surface area contributed by atoms with Gasteiger partial charge >= 0.3 is 0 Å². The molecule has 1 aliphatic heterocycles. The number of benzene rings is 2. The van der Waals surface area contributed by atoms with Gasteiger partial charge in [0.2, 0.25) is 0 Å². The minimum absolute atomic E-state index is 0.0243. The molecule has 3 unspecified atom stereocenters. The van der Waals surface area contributed by atoms with Gasteiger partial charge in [-0.05, 0) is 42.9 Å². The number of hydrogen-bond donors (Lipinski definition) is 2. The maximum atomic E-state index is 12.8. The number of carbonyl (C=O) groups excluding carboxylic acids is 1. The van der Waals surface area contributed by atoms with E-state index in [9.17, 15) is 4.79 Å². The summed E-state index contributed by atoms with van der Waals surface area (Å²) in [5.74, 6) is 0.893. The third kappa shape index (κ3) is 3.39. The number of rotatable bonds is 5. The van der Waals surface area contributed by atoms with Crippen molar-refractivity contribution in [2.75, 3.05) is 11.9 Å². The molecule has 2 N–H and O–H groups in total. The van der Waals surface area contributed by atoms with Crippen LogP contribution in [-0.4, -0.2) is 12.5 Å². The number of nitrogens with one attached hydrogen (secondary N) is 2. The number of allylic oxidation sites excluding steroid dienone is 2. The average Bonchev–Trinajstić information content (AvgIpc) is 3.17. The molecule has 2 aromatic carbocycles. The van der Waals surface area contributed by atoms with Crippen LogP contribution in [0.5, 0.6) is 0 Å². The van der Waals surface area contributed by atoms with Gasteiger partial charge in [-0.1, -0.05) is 67.5 Å². The first-order valence-electron chi connectivity index (χ1n) is 10.1. The Morgan fingerprint density at radius 3 is 2.89 bits per heavy atom.